The van der Waals surface area contributed by atoms with Crippen molar-refractivity contribution in [1.82, 2.24) is 15.0 Å². The van der Waals surface area contributed by atoms with Gasteiger partial charge in [-0.2, -0.15) is 11.8 Å². The number of aliphatic hydroxyl groups is 1. The van der Waals surface area contributed by atoms with Crippen molar-refractivity contribution in [2.45, 2.75) is 12.8 Å². The normalized spacial score (nSPS) is 10.9. The van der Waals surface area contributed by atoms with E-state index in [9.17, 15) is 0 Å². The molecule has 3 rings (SSSR count). The molecule has 0 aliphatic rings. The number of hydrogen-bond donors (Lipinski definition) is 2. The monoisotopic (exact) mass is 354 g/mol. The lowest BCUT2D eigenvalue weighted by molar-refractivity contribution is 0.322. The molecular formula is C19H22N4OS. The van der Waals surface area contributed by atoms with Crippen molar-refractivity contribution in [1.29, 1.82) is 0 Å². The molecule has 3 aromatic rings. The van der Waals surface area contributed by atoms with Gasteiger partial charge in [0.1, 0.15) is 11.6 Å². The number of thioether (sulfide) groups is 1. The molecule has 6 heteroatoms. The number of fused-ring (bicyclic) bond motifs is 1. The molecule has 0 amide bonds. The number of anilines is 1. The third kappa shape index (κ3) is 5.14. The first-order valence-corrected chi connectivity index (χ1v) is 9.59. The van der Waals surface area contributed by atoms with E-state index in [1.165, 1.54) is 5.56 Å². The first kappa shape index (κ1) is 17.6. The van der Waals surface area contributed by atoms with Crippen LogP contribution in [0.25, 0.3) is 10.9 Å². The van der Waals surface area contributed by atoms with Crippen LogP contribution < -0.4 is 5.32 Å². The fourth-order valence-corrected chi connectivity index (χ4v) is 3.16. The highest BCUT2D eigenvalue weighted by Crippen LogP contribution is 2.20. The number of pyridine rings is 1. The number of rotatable bonds is 9. The molecule has 2 heterocycles. The molecule has 25 heavy (non-hydrogen) atoms. The maximum atomic E-state index is 8.85. The molecule has 5 nitrogen and oxygen atoms in total. The number of aromatic nitrogens is 3. The molecule has 130 valence electrons. The smallest absolute Gasteiger partial charge is 0.137 e. The Bertz CT molecular complexity index is 798. The Labute approximate surface area is 151 Å². The highest BCUT2D eigenvalue weighted by atomic mass is 32.2. The van der Waals surface area contributed by atoms with Gasteiger partial charge in [0.15, 0.2) is 0 Å². The maximum absolute atomic E-state index is 8.85. The summed E-state index contributed by atoms with van der Waals surface area (Å²) in [5.74, 6) is 3.43. The topological polar surface area (TPSA) is 70.9 Å². The summed E-state index contributed by atoms with van der Waals surface area (Å²) in [6, 6.07) is 12.1. The van der Waals surface area contributed by atoms with Crippen molar-refractivity contribution in [2.24, 2.45) is 0 Å². The van der Waals surface area contributed by atoms with Crippen molar-refractivity contribution in [2.75, 3.05) is 30.0 Å². The number of hydrogen-bond acceptors (Lipinski definition) is 6. The zero-order valence-corrected chi connectivity index (χ0v) is 14.9. The van der Waals surface area contributed by atoms with Crippen molar-refractivity contribution in [3.63, 3.8) is 0 Å². The SMILES string of the molecule is OCCSCCNc1nc(CCc2cccnc2)nc2ccccc12. The van der Waals surface area contributed by atoms with Gasteiger partial charge in [-0.1, -0.05) is 18.2 Å². The van der Waals surface area contributed by atoms with Gasteiger partial charge in [0.05, 0.1) is 12.1 Å². The third-order valence-electron chi connectivity index (χ3n) is 3.78. The standard InChI is InChI=1S/C19H22N4OS/c24-11-13-25-12-10-21-19-16-5-1-2-6-17(16)22-18(23-19)8-7-15-4-3-9-20-14-15/h1-6,9,14,24H,7-8,10-13H2,(H,21,22,23). The Kier molecular flexibility index (Phi) is 6.59. The van der Waals surface area contributed by atoms with Gasteiger partial charge in [-0.15, -0.1) is 0 Å². The number of aryl methyl sites for hydroxylation is 2. The molecule has 0 bridgehead atoms. The van der Waals surface area contributed by atoms with Crippen LogP contribution in [-0.4, -0.2) is 44.7 Å². The Morgan fingerprint density at radius 1 is 1.00 bits per heavy atom. The van der Waals surface area contributed by atoms with Crippen molar-refractivity contribution < 1.29 is 5.11 Å². The number of aliphatic hydroxyl groups excluding tert-OH is 1. The van der Waals surface area contributed by atoms with Gasteiger partial charge in [0.2, 0.25) is 0 Å². The van der Waals surface area contributed by atoms with Gasteiger partial charge in [0, 0.05) is 42.3 Å². The molecule has 2 aromatic heterocycles. The van der Waals surface area contributed by atoms with Crippen LogP contribution in [0.4, 0.5) is 5.82 Å². The molecule has 0 saturated heterocycles. The largest absolute Gasteiger partial charge is 0.396 e. The highest BCUT2D eigenvalue weighted by molar-refractivity contribution is 7.99. The van der Waals surface area contributed by atoms with E-state index in [0.29, 0.717) is 0 Å². The first-order chi connectivity index (χ1) is 12.4. The van der Waals surface area contributed by atoms with E-state index in [0.717, 1.165) is 53.4 Å². The molecule has 0 unspecified atom stereocenters. The quantitative estimate of drug-likeness (QED) is 0.576. The van der Waals surface area contributed by atoms with Gasteiger partial charge in [-0.25, -0.2) is 9.97 Å². The predicted octanol–water partition coefficient (Wildman–Crippen LogP) is 2.95. The molecule has 0 fully saturated rings. The van der Waals surface area contributed by atoms with Crippen LogP contribution in [0.2, 0.25) is 0 Å². The van der Waals surface area contributed by atoms with Crippen molar-refractivity contribution >= 4 is 28.5 Å². The van der Waals surface area contributed by atoms with E-state index >= 15 is 0 Å². The summed E-state index contributed by atoms with van der Waals surface area (Å²) in [5, 5.41) is 13.3. The summed E-state index contributed by atoms with van der Waals surface area (Å²) in [6.45, 7) is 1.04. The van der Waals surface area contributed by atoms with E-state index in [1.54, 1.807) is 18.0 Å². The summed E-state index contributed by atoms with van der Waals surface area (Å²) >= 11 is 1.73. The van der Waals surface area contributed by atoms with E-state index in [1.807, 2.05) is 36.5 Å². The third-order valence-corrected chi connectivity index (χ3v) is 4.75. The van der Waals surface area contributed by atoms with Crippen LogP contribution in [0.3, 0.4) is 0 Å². The Morgan fingerprint density at radius 3 is 2.76 bits per heavy atom. The van der Waals surface area contributed by atoms with Gasteiger partial charge < -0.3 is 10.4 Å². The lowest BCUT2D eigenvalue weighted by atomic mass is 10.1. The summed E-state index contributed by atoms with van der Waals surface area (Å²) < 4.78 is 0. The summed E-state index contributed by atoms with van der Waals surface area (Å²) in [6.07, 6.45) is 5.33. The second-order valence-electron chi connectivity index (χ2n) is 5.63. The van der Waals surface area contributed by atoms with E-state index in [4.69, 9.17) is 15.1 Å². The van der Waals surface area contributed by atoms with E-state index in [2.05, 4.69) is 16.4 Å². The fraction of sp³-hybridized carbons (Fsp3) is 0.316. The molecule has 2 N–H and O–H groups in total. The average Bonchev–Trinajstić information content (AvgIpc) is 2.67. The van der Waals surface area contributed by atoms with Gasteiger partial charge in [-0.3, -0.25) is 4.98 Å². The molecule has 0 aliphatic carbocycles. The van der Waals surface area contributed by atoms with Crippen LogP contribution in [0.5, 0.6) is 0 Å². The number of benzene rings is 1. The van der Waals surface area contributed by atoms with Crippen molar-refractivity contribution in [3.8, 4) is 0 Å². The number of nitrogens with zero attached hydrogens (tertiary/aromatic N) is 3. The van der Waals surface area contributed by atoms with Crippen LogP contribution in [0, 0.1) is 0 Å². The minimum atomic E-state index is 0.222. The van der Waals surface area contributed by atoms with Crippen LogP contribution in [0.15, 0.2) is 48.8 Å². The fourth-order valence-electron chi connectivity index (χ4n) is 2.58. The predicted molar refractivity (Wildman–Crippen MR) is 104 cm³/mol. The average molecular weight is 354 g/mol. The molecular weight excluding hydrogens is 332 g/mol. The van der Waals surface area contributed by atoms with Crippen LogP contribution in [-0.2, 0) is 12.8 Å². The molecule has 0 atom stereocenters. The highest BCUT2D eigenvalue weighted by Gasteiger charge is 2.07. The Hall–Kier alpha value is -2.18. The zero-order valence-electron chi connectivity index (χ0n) is 14.1. The summed E-state index contributed by atoms with van der Waals surface area (Å²) in [4.78, 5) is 13.6. The number of nitrogens with one attached hydrogen (secondary N) is 1. The second-order valence-corrected chi connectivity index (χ2v) is 6.85. The number of para-hydroxylation sites is 1. The van der Waals surface area contributed by atoms with E-state index in [-0.39, 0.29) is 6.61 Å². The minimum absolute atomic E-state index is 0.222. The van der Waals surface area contributed by atoms with Crippen LogP contribution in [0.1, 0.15) is 11.4 Å². The lowest BCUT2D eigenvalue weighted by Gasteiger charge is -2.11. The minimum Gasteiger partial charge on any atom is -0.396 e. The summed E-state index contributed by atoms with van der Waals surface area (Å²) in [5.41, 5.74) is 2.15. The molecule has 0 aliphatic heterocycles. The van der Waals surface area contributed by atoms with Gasteiger partial charge >= 0.3 is 0 Å². The maximum Gasteiger partial charge on any atom is 0.137 e. The zero-order chi connectivity index (χ0) is 17.3. The Balaban J connectivity index is 1.72. The molecule has 0 saturated carbocycles. The molecule has 0 radical (unpaired) electrons. The second kappa shape index (κ2) is 9.34. The first-order valence-electron chi connectivity index (χ1n) is 8.44. The van der Waals surface area contributed by atoms with E-state index < -0.39 is 0 Å². The lowest BCUT2D eigenvalue weighted by Crippen LogP contribution is -2.09. The van der Waals surface area contributed by atoms with Gasteiger partial charge in [-0.05, 0) is 30.2 Å². The molecule has 1 aromatic carbocycles. The summed E-state index contributed by atoms with van der Waals surface area (Å²) in [7, 11) is 0. The van der Waals surface area contributed by atoms with Crippen LogP contribution >= 0.6 is 11.8 Å². The van der Waals surface area contributed by atoms with Gasteiger partial charge in [0.25, 0.3) is 0 Å². The molecule has 0 spiro atoms. The van der Waals surface area contributed by atoms with Crippen molar-refractivity contribution in [3.05, 3.63) is 60.2 Å². The Morgan fingerprint density at radius 2 is 1.92 bits per heavy atom.